The Bertz CT molecular complexity index is 289. The standard InChI is InChI=1S/C8H11ClN2O2/c1-5-10-11-8(12-5)7-3-2-6(4-9)13-7/h6-7H,2-4H2,1H3. The summed E-state index contributed by atoms with van der Waals surface area (Å²) in [5.74, 6) is 1.68. The highest BCUT2D eigenvalue weighted by atomic mass is 35.5. The van der Waals surface area contributed by atoms with Crippen LogP contribution in [0.15, 0.2) is 4.42 Å². The van der Waals surface area contributed by atoms with Crippen molar-refractivity contribution in [1.29, 1.82) is 0 Å². The molecule has 1 aromatic heterocycles. The molecule has 4 nitrogen and oxygen atoms in total. The fourth-order valence-electron chi connectivity index (χ4n) is 1.44. The van der Waals surface area contributed by atoms with E-state index in [-0.39, 0.29) is 12.2 Å². The average Bonchev–Trinajstić information content (AvgIpc) is 2.71. The predicted molar refractivity (Wildman–Crippen MR) is 46.6 cm³/mol. The Labute approximate surface area is 81.2 Å². The quantitative estimate of drug-likeness (QED) is 0.687. The molecule has 72 valence electrons. The van der Waals surface area contributed by atoms with Gasteiger partial charge in [0.25, 0.3) is 0 Å². The molecule has 2 atom stereocenters. The molecule has 1 aromatic rings. The second-order valence-electron chi connectivity index (χ2n) is 3.14. The largest absolute Gasteiger partial charge is 0.423 e. The minimum atomic E-state index is -0.0510. The van der Waals surface area contributed by atoms with E-state index in [1.54, 1.807) is 6.92 Å². The van der Waals surface area contributed by atoms with Crippen LogP contribution in [0.4, 0.5) is 0 Å². The van der Waals surface area contributed by atoms with Crippen molar-refractivity contribution in [3.8, 4) is 0 Å². The lowest BCUT2D eigenvalue weighted by Gasteiger charge is -2.06. The Morgan fingerprint density at radius 2 is 2.31 bits per heavy atom. The summed E-state index contributed by atoms with van der Waals surface area (Å²) in [7, 11) is 0. The number of ether oxygens (including phenoxy) is 1. The lowest BCUT2D eigenvalue weighted by atomic mass is 10.2. The highest BCUT2D eigenvalue weighted by Crippen LogP contribution is 2.32. The van der Waals surface area contributed by atoms with Crippen molar-refractivity contribution in [2.75, 3.05) is 5.88 Å². The van der Waals surface area contributed by atoms with Crippen LogP contribution < -0.4 is 0 Å². The molecule has 2 heterocycles. The van der Waals surface area contributed by atoms with E-state index in [1.165, 1.54) is 0 Å². The topological polar surface area (TPSA) is 48.2 Å². The van der Waals surface area contributed by atoms with Gasteiger partial charge in [-0.15, -0.1) is 21.8 Å². The predicted octanol–water partition coefficient (Wildman–Crippen LogP) is 1.84. The van der Waals surface area contributed by atoms with Crippen molar-refractivity contribution in [3.05, 3.63) is 11.8 Å². The molecule has 1 aliphatic heterocycles. The molecule has 2 unspecified atom stereocenters. The molecule has 0 bridgehead atoms. The minimum Gasteiger partial charge on any atom is -0.423 e. The first-order valence-electron chi connectivity index (χ1n) is 4.31. The number of halogens is 1. The molecule has 5 heteroatoms. The van der Waals surface area contributed by atoms with Gasteiger partial charge in [-0.25, -0.2) is 0 Å². The summed E-state index contributed by atoms with van der Waals surface area (Å²) >= 11 is 5.67. The summed E-state index contributed by atoms with van der Waals surface area (Å²) in [6.45, 7) is 1.77. The lowest BCUT2D eigenvalue weighted by molar-refractivity contribution is 0.0403. The summed E-state index contributed by atoms with van der Waals surface area (Å²) in [4.78, 5) is 0. The van der Waals surface area contributed by atoms with Gasteiger partial charge in [-0.2, -0.15) is 0 Å². The van der Waals surface area contributed by atoms with E-state index in [2.05, 4.69) is 10.2 Å². The highest BCUT2D eigenvalue weighted by Gasteiger charge is 2.29. The maximum atomic E-state index is 5.67. The molecular weight excluding hydrogens is 192 g/mol. The Kier molecular flexibility index (Phi) is 2.51. The summed E-state index contributed by atoms with van der Waals surface area (Å²) < 4.78 is 10.9. The second-order valence-corrected chi connectivity index (χ2v) is 3.45. The van der Waals surface area contributed by atoms with E-state index in [4.69, 9.17) is 20.8 Å². The molecule has 0 N–H and O–H groups in total. The van der Waals surface area contributed by atoms with Crippen molar-refractivity contribution in [1.82, 2.24) is 10.2 Å². The van der Waals surface area contributed by atoms with Crippen molar-refractivity contribution >= 4 is 11.6 Å². The molecule has 2 rings (SSSR count). The van der Waals surface area contributed by atoms with E-state index in [1.807, 2.05) is 0 Å². The van der Waals surface area contributed by atoms with Gasteiger partial charge in [-0.3, -0.25) is 0 Å². The molecule has 0 saturated carbocycles. The first-order chi connectivity index (χ1) is 6.29. The third-order valence-corrected chi connectivity index (χ3v) is 2.44. The number of rotatable bonds is 2. The summed E-state index contributed by atoms with van der Waals surface area (Å²) in [6.07, 6.45) is 1.97. The van der Waals surface area contributed by atoms with E-state index in [0.717, 1.165) is 12.8 Å². The van der Waals surface area contributed by atoms with Crippen LogP contribution in [0.25, 0.3) is 0 Å². The maximum Gasteiger partial charge on any atom is 0.245 e. The zero-order valence-electron chi connectivity index (χ0n) is 7.36. The number of hydrogen-bond donors (Lipinski definition) is 0. The average molecular weight is 203 g/mol. The SMILES string of the molecule is Cc1nnc(C2CCC(CCl)O2)o1. The molecule has 13 heavy (non-hydrogen) atoms. The Morgan fingerprint density at radius 3 is 2.85 bits per heavy atom. The third kappa shape index (κ3) is 1.84. The second kappa shape index (κ2) is 3.64. The van der Waals surface area contributed by atoms with Crippen LogP contribution in [0.1, 0.15) is 30.7 Å². The maximum absolute atomic E-state index is 5.67. The van der Waals surface area contributed by atoms with Crippen molar-refractivity contribution in [2.45, 2.75) is 32.0 Å². The van der Waals surface area contributed by atoms with Crippen LogP contribution in [0.2, 0.25) is 0 Å². The minimum absolute atomic E-state index is 0.0510. The van der Waals surface area contributed by atoms with E-state index >= 15 is 0 Å². The molecule has 1 saturated heterocycles. The van der Waals surface area contributed by atoms with Crippen LogP contribution in [0, 0.1) is 6.92 Å². The summed E-state index contributed by atoms with van der Waals surface area (Å²) in [5, 5.41) is 7.66. The number of aromatic nitrogens is 2. The van der Waals surface area contributed by atoms with E-state index < -0.39 is 0 Å². The van der Waals surface area contributed by atoms with Crippen LogP contribution >= 0.6 is 11.6 Å². The van der Waals surface area contributed by atoms with Crippen molar-refractivity contribution < 1.29 is 9.15 Å². The zero-order valence-corrected chi connectivity index (χ0v) is 8.12. The normalized spacial score (nSPS) is 28.2. The van der Waals surface area contributed by atoms with Gasteiger partial charge in [0, 0.05) is 12.8 Å². The van der Waals surface area contributed by atoms with Gasteiger partial charge in [-0.05, 0) is 12.8 Å². The van der Waals surface area contributed by atoms with Gasteiger partial charge in [-0.1, -0.05) is 0 Å². The Balaban J connectivity index is 2.03. The fourth-order valence-corrected chi connectivity index (χ4v) is 1.67. The molecule has 0 radical (unpaired) electrons. The molecule has 1 aliphatic rings. The summed E-state index contributed by atoms with van der Waals surface area (Å²) in [6, 6.07) is 0. The Hall–Kier alpha value is -0.610. The van der Waals surface area contributed by atoms with Gasteiger partial charge in [0.2, 0.25) is 11.8 Å². The van der Waals surface area contributed by atoms with Crippen LogP contribution in [-0.4, -0.2) is 22.2 Å². The Morgan fingerprint density at radius 1 is 1.46 bits per heavy atom. The summed E-state index contributed by atoms with van der Waals surface area (Å²) in [5.41, 5.74) is 0. The van der Waals surface area contributed by atoms with Gasteiger partial charge >= 0.3 is 0 Å². The highest BCUT2D eigenvalue weighted by molar-refractivity contribution is 6.18. The van der Waals surface area contributed by atoms with Gasteiger partial charge in [0.15, 0.2) is 0 Å². The molecule has 0 aliphatic carbocycles. The van der Waals surface area contributed by atoms with E-state index in [9.17, 15) is 0 Å². The number of alkyl halides is 1. The monoisotopic (exact) mass is 202 g/mol. The van der Waals surface area contributed by atoms with Crippen LogP contribution in [0.5, 0.6) is 0 Å². The molecule has 0 spiro atoms. The smallest absolute Gasteiger partial charge is 0.245 e. The molecular formula is C8H11ClN2O2. The van der Waals surface area contributed by atoms with Gasteiger partial charge in [0.1, 0.15) is 6.10 Å². The third-order valence-electron chi connectivity index (χ3n) is 2.10. The molecule has 1 fully saturated rings. The lowest BCUT2D eigenvalue weighted by Crippen LogP contribution is -2.07. The van der Waals surface area contributed by atoms with E-state index in [0.29, 0.717) is 17.7 Å². The zero-order chi connectivity index (χ0) is 9.26. The van der Waals surface area contributed by atoms with Crippen molar-refractivity contribution in [3.63, 3.8) is 0 Å². The first-order valence-corrected chi connectivity index (χ1v) is 4.84. The molecule has 0 amide bonds. The van der Waals surface area contributed by atoms with Gasteiger partial charge < -0.3 is 9.15 Å². The number of nitrogens with zero attached hydrogens (tertiary/aromatic N) is 2. The number of aryl methyl sites for hydroxylation is 1. The fraction of sp³-hybridized carbons (Fsp3) is 0.750. The molecule has 0 aromatic carbocycles. The van der Waals surface area contributed by atoms with Crippen LogP contribution in [0.3, 0.4) is 0 Å². The van der Waals surface area contributed by atoms with Crippen LogP contribution in [-0.2, 0) is 4.74 Å². The van der Waals surface area contributed by atoms with Crippen molar-refractivity contribution in [2.24, 2.45) is 0 Å². The number of hydrogen-bond acceptors (Lipinski definition) is 4. The first kappa shape index (κ1) is 8.97. The van der Waals surface area contributed by atoms with Gasteiger partial charge in [0.05, 0.1) is 6.10 Å².